The molecule has 0 fully saturated rings. The van der Waals surface area contributed by atoms with Gasteiger partial charge in [0, 0.05) is 5.71 Å². The third kappa shape index (κ3) is 2.46. The molecule has 0 saturated heterocycles. The maximum Gasteiger partial charge on any atom is 0.280 e. The van der Waals surface area contributed by atoms with Crippen LogP contribution in [-0.2, 0) is 0 Å². The maximum absolute atomic E-state index is 11.7. The van der Waals surface area contributed by atoms with E-state index in [0.717, 1.165) is 18.6 Å². The summed E-state index contributed by atoms with van der Waals surface area (Å²) in [5.41, 5.74) is 6.50. The van der Waals surface area contributed by atoms with E-state index < -0.39 is 0 Å². The minimum atomic E-state index is -0.290. The van der Waals surface area contributed by atoms with Gasteiger partial charge in [0.15, 0.2) is 11.5 Å². The first-order chi connectivity index (χ1) is 8.10. The van der Waals surface area contributed by atoms with Crippen molar-refractivity contribution < 1.29 is 0 Å². The molecular weight excluding hydrogens is 218 g/mol. The number of aliphatic imine (C=N–C) groups is 1. The highest BCUT2D eigenvalue weighted by molar-refractivity contribution is 5.94. The van der Waals surface area contributed by atoms with E-state index >= 15 is 0 Å². The Bertz CT molecular complexity index is 505. The van der Waals surface area contributed by atoms with Crippen molar-refractivity contribution in [1.29, 1.82) is 0 Å². The number of H-pyrrole nitrogens is 1. The van der Waals surface area contributed by atoms with Gasteiger partial charge in [0.25, 0.3) is 5.56 Å². The molecule has 92 valence electrons. The zero-order valence-corrected chi connectivity index (χ0v) is 10.1. The molecule has 0 radical (unpaired) electrons. The van der Waals surface area contributed by atoms with Crippen molar-refractivity contribution in [2.24, 2.45) is 10.9 Å². The van der Waals surface area contributed by atoms with Crippen LogP contribution >= 0.6 is 0 Å². The van der Waals surface area contributed by atoms with Gasteiger partial charge in [-0.25, -0.2) is 4.99 Å². The van der Waals surface area contributed by atoms with E-state index in [1.807, 2.05) is 0 Å². The van der Waals surface area contributed by atoms with Crippen molar-refractivity contribution in [3.05, 3.63) is 10.4 Å². The largest absolute Gasteiger partial charge is 0.369 e. The third-order valence-corrected chi connectivity index (χ3v) is 2.92. The van der Waals surface area contributed by atoms with Gasteiger partial charge in [0.05, 0.1) is 6.54 Å². The molecule has 17 heavy (non-hydrogen) atoms. The van der Waals surface area contributed by atoms with Crippen molar-refractivity contribution in [2.75, 3.05) is 17.6 Å². The highest BCUT2D eigenvalue weighted by atomic mass is 16.1. The van der Waals surface area contributed by atoms with Gasteiger partial charge in [0.2, 0.25) is 5.95 Å². The fraction of sp³-hybridized carbons (Fsp3) is 0.545. The van der Waals surface area contributed by atoms with E-state index in [4.69, 9.17) is 5.73 Å². The summed E-state index contributed by atoms with van der Waals surface area (Å²) in [7, 11) is 0. The Morgan fingerprint density at radius 2 is 2.29 bits per heavy atom. The topological polar surface area (TPSA) is 96.2 Å². The summed E-state index contributed by atoms with van der Waals surface area (Å²) >= 11 is 0. The third-order valence-electron chi connectivity index (χ3n) is 2.92. The SMILES string of the molecule is CCC(C)CC1=Nc2c(nc(N)[nH]c2=O)NC1. The Morgan fingerprint density at radius 1 is 1.53 bits per heavy atom. The molecule has 4 N–H and O–H groups in total. The van der Waals surface area contributed by atoms with Crippen molar-refractivity contribution in [3.8, 4) is 0 Å². The van der Waals surface area contributed by atoms with Gasteiger partial charge in [-0.15, -0.1) is 0 Å². The van der Waals surface area contributed by atoms with E-state index in [1.165, 1.54) is 0 Å². The second-order valence-corrected chi connectivity index (χ2v) is 4.40. The number of aromatic nitrogens is 2. The average Bonchev–Trinajstić information content (AvgIpc) is 2.29. The molecule has 6 heteroatoms. The molecule has 2 heterocycles. The lowest BCUT2D eigenvalue weighted by Crippen LogP contribution is -2.24. The van der Waals surface area contributed by atoms with Gasteiger partial charge in [-0.3, -0.25) is 9.78 Å². The van der Waals surface area contributed by atoms with Crippen LogP contribution in [0.1, 0.15) is 26.7 Å². The highest BCUT2D eigenvalue weighted by Crippen LogP contribution is 2.23. The molecule has 1 aromatic rings. The minimum absolute atomic E-state index is 0.113. The van der Waals surface area contributed by atoms with Gasteiger partial charge in [-0.05, 0) is 12.3 Å². The number of rotatable bonds is 3. The van der Waals surface area contributed by atoms with Crippen LogP contribution in [0, 0.1) is 5.92 Å². The molecule has 1 aliphatic rings. The second-order valence-electron chi connectivity index (χ2n) is 4.40. The zero-order valence-electron chi connectivity index (χ0n) is 10.1. The van der Waals surface area contributed by atoms with Crippen LogP contribution in [0.5, 0.6) is 0 Å². The molecule has 1 atom stereocenters. The Hall–Kier alpha value is -1.85. The summed E-state index contributed by atoms with van der Waals surface area (Å²) in [5.74, 6) is 1.15. The molecule has 1 aromatic heterocycles. The van der Waals surface area contributed by atoms with E-state index in [0.29, 0.717) is 24.0 Å². The number of nitrogens with zero attached hydrogens (tertiary/aromatic N) is 2. The normalized spacial score (nSPS) is 15.8. The van der Waals surface area contributed by atoms with Gasteiger partial charge in [0.1, 0.15) is 0 Å². The van der Waals surface area contributed by atoms with E-state index in [1.54, 1.807) is 0 Å². The summed E-state index contributed by atoms with van der Waals surface area (Å²) in [6.45, 7) is 4.95. The maximum atomic E-state index is 11.7. The Morgan fingerprint density at radius 3 is 3.00 bits per heavy atom. The number of aromatic amines is 1. The van der Waals surface area contributed by atoms with Crippen molar-refractivity contribution >= 4 is 23.2 Å². The summed E-state index contributed by atoms with van der Waals surface area (Å²) in [6.07, 6.45) is 2.00. The lowest BCUT2D eigenvalue weighted by Gasteiger charge is -2.18. The van der Waals surface area contributed by atoms with E-state index in [9.17, 15) is 4.79 Å². The summed E-state index contributed by atoms with van der Waals surface area (Å²) in [6, 6.07) is 0. The van der Waals surface area contributed by atoms with Crippen LogP contribution < -0.4 is 16.6 Å². The van der Waals surface area contributed by atoms with Crippen LogP contribution in [0.4, 0.5) is 17.5 Å². The average molecular weight is 235 g/mol. The number of nitrogen functional groups attached to an aromatic ring is 1. The molecule has 0 aromatic carbocycles. The molecule has 1 unspecified atom stereocenters. The van der Waals surface area contributed by atoms with Gasteiger partial charge >= 0.3 is 0 Å². The Kier molecular flexibility index (Phi) is 3.12. The number of hydrogen-bond acceptors (Lipinski definition) is 5. The fourth-order valence-electron chi connectivity index (χ4n) is 1.76. The smallest absolute Gasteiger partial charge is 0.280 e. The summed E-state index contributed by atoms with van der Waals surface area (Å²) in [4.78, 5) is 22.5. The number of nitrogens with two attached hydrogens (primary N) is 1. The summed E-state index contributed by atoms with van der Waals surface area (Å²) < 4.78 is 0. The van der Waals surface area contributed by atoms with Crippen LogP contribution in [0.3, 0.4) is 0 Å². The van der Waals surface area contributed by atoms with Gasteiger partial charge in [-0.1, -0.05) is 20.3 Å². The van der Waals surface area contributed by atoms with Crippen molar-refractivity contribution in [2.45, 2.75) is 26.7 Å². The molecule has 2 rings (SSSR count). The Balaban J connectivity index is 2.31. The molecule has 0 aliphatic carbocycles. The van der Waals surface area contributed by atoms with Crippen LogP contribution in [0.15, 0.2) is 9.79 Å². The van der Waals surface area contributed by atoms with Crippen LogP contribution in [0.25, 0.3) is 0 Å². The fourth-order valence-corrected chi connectivity index (χ4v) is 1.76. The zero-order chi connectivity index (χ0) is 12.4. The van der Waals surface area contributed by atoms with Crippen molar-refractivity contribution in [1.82, 2.24) is 9.97 Å². The monoisotopic (exact) mass is 235 g/mol. The molecule has 1 aliphatic heterocycles. The molecule has 0 bridgehead atoms. The number of hydrogen-bond donors (Lipinski definition) is 3. The Labute approximate surface area is 99.4 Å². The number of nitrogens with one attached hydrogen (secondary N) is 2. The molecule has 0 saturated carbocycles. The first kappa shape index (κ1) is 11.6. The number of fused-ring (bicyclic) bond motifs is 1. The van der Waals surface area contributed by atoms with Crippen LogP contribution in [0.2, 0.25) is 0 Å². The number of anilines is 2. The van der Waals surface area contributed by atoms with Gasteiger partial charge < -0.3 is 11.1 Å². The van der Waals surface area contributed by atoms with Crippen LogP contribution in [-0.4, -0.2) is 22.2 Å². The molecule has 0 spiro atoms. The summed E-state index contributed by atoms with van der Waals surface area (Å²) in [5, 5.41) is 3.08. The predicted octanol–water partition coefficient (Wildman–Crippen LogP) is 1.29. The standard InChI is InChI=1S/C11H17N5O/c1-3-6(2)4-7-5-13-9-8(14-7)10(17)16-11(12)15-9/h6H,3-5H2,1-2H3,(H4,12,13,15,16,17). The van der Waals surface area contributed by atoms with E-state index in [-0.39, 0.29) is 11.5 Å². The minimum Gasteiger partial charge on any atom is -0.369 e. The second kappa shape index (κ2) is 4.57. The first-order valence-corrected chi connectivity index (χ1v) is 5.80. The lowest BCUT2D eigenvalue weighted by atomic mass is 10.0. The molecular formula is C11H17N5O. The predicted molar refractivity (Wildman–Crippen MR) is 68.9 cm³/mol. The highest BCUT2D eigenvalue weighted by Gasteiger charge is 2.17. The van der Waals surface area contributed by atoms with Gasteiger partial charge in [-0.2, -0.15) is 4.98 Å². The lowest BCUT2D eigenvalue weighted by molar-refractivity contribution is 0.585. The molecule has 0 amide bonds. The first-order valence-electron chi connectivity index (χ1n) is 5.80. The molecule has 6 nitrogen and oxygen atoms in total. The van der Waals surface area contributed by atoms with Crippen molar-refractivity contribution in [3.63, 3.8) is 0 Å². The quantitative estimate of drug-likeness (QED) is 0.735. The van der Waals surface area contributed by atoms with E-state index in [2.05, 4.69) is 34.1 Å².